The van der Waals surface area contributed by atoms with Crippen molar-refractivity contribution in [2.24, 2.45) is 5.92 Å². The Labute approximate surface area is 136 Å². The van der Waals surface area contributed by atoms with Crippen LogP contribution in [-0.2, 0) is 9.59 Å². The summed E-state index contributed by atoms with van der Waals surface area (Å²) < 4.78 is 5.57. The number of hydrogen-bond donors (Lipinski definition) is 2. The minimum absolute atomic E-state index is 0.0494. The molecule has 0 bridgehead atoms. The van der Waals surface area contributed by atoms with Gasteiger partial charge in [-0.2, -0.15) is 0 Å². The highest BCUT2D eigenvalue weighted by molar-refractivity contribution is 5.78. The van der Waals surface area contributed by atoms with Crippen molar-refractivity contribution in [2.75, 3.05) is 32.8 Å². The predicted molar refractivity (Wildman–Crippen MR) is 86.5 cm³/mol. The molecule has 6 nitrogen and oxygen atoms in total. The van der Waals surface area contributed by atoms with Crippen LogP contribution in [0.25, 0.3) is 0 Å². The Kier molecular flexibility index (Phi) is 6.40. The Hall–Kier alpha value is -2.08. The minimum Gasteiger partial charge on any atom is -0.492 e. The van der Waals surface area contributed by atoms with Crippen molar-refractivity contribution in [3.63, 3.8) is 0 Å². The molecule has 23 heavy (non-hydrogen) atoms. The van der Waals surface area contributed by atoms with Crippen molar-refractivity contribution >= 4 is 11.9 Å². The number of carboxylic acids is 1. The van der Waals surface area contributed by atoms with E-state index < -0.39 is 5.97 Å². The standard InChI is InChI=1S/C17H24N2O4/c1-13-3-2-4-15(11-13)23-10-7-18-16(20)12-19-8-5-14(6-9-19)17(21)22/h2-4,11,14H,5-10,12H2,1H3,(H,18,20)(H,21,22). The molecule has 1 fully saturated rings. The van der Waals surface area contributed by atoms with E-state index in [1.807, 2.05) is 36.1 Å². The van der Waals surface area contributed by atoms with E-state index in [0.717, 1.165) is 11.3 Å². The summed E-state index contributed by atoms with van der Waals surface area (Å²) in [5, 5.41) is 11.8. The second-order valence-corrected chi connectivity index (χ2v) is 5.90. The van der Waals surface area contributed by atoms with Gasteiger partial charge in [0.1, 0.15) is 12.4 Å². The molecule has 0 spiro atoms. The number of likely N-dealkylation sites (tertiary alicyclic amines) is 1. The number of benzene rings is 1. The van der Waals surface area contributed by atoms with Crippen LogP contribution < -0.4 is 10.1 Å². The number of carboxylic acid groups (broad SMARTS) is 1. The summed E-state index contributed by atoms with van der Waals surface area (Å²) in [7, 11) is 0. The summed E-state index contributed by atoms with van der Waals surface area (Å²) in [5.41, 5.74) is 1.14. The monoisotopic (exact) mass is 320 g/mol. The first-order valence-electron chi connectivity index (χ1n) is 7.96. The van der Waals surface area contributed by atoms with Gasteiger partial charge in [-0.15, -0.1) is 0 Å². The SMILES string of the molecule is Cc1cccc(OCCNC(=O)CN2CCC(C(=O)O)CC2)c1. The van der Waals surface area contributed by atoms with Gasteiger partial charge in [0.25, 0.3) is 0 Å². The zero-order chi connectivity index (χ0) is 16.7. The molecule has 1 amide bonds. The average Bonchev–Trinajstić information content (AvgIpc) is 2.52. The lowest BCUT2D eigenvalue weighted by Crippen LogP contribution is -2.43. The number of piperidine rings is 1. The summed E-state index contributed by atoms with van der Waals surface area (Å²) in [6.07, 6.45) is 1.22. The lowest BCUT2D eigenvalue weighted by Gasteiger charge is -2.29. The smallest absolute Gasteiger partial charge is 0.306 e. The number of carbonyl (C=O) groups excluding carboxylic acids is 1. The molecule has 1 aliphatic heterocycles. The maximum absolute atomic E-state index is 11.9. The first-order valence-corrected chi connectivity index (χ1v) is 7.96. The van der Waals surface area contributed by atoms with Crippen LogP contribution >= 0.6 is 0 Å². The summed E-state index contributed by atoms with van der Waals surface area (Å²) in [6, 6.07) is 7.78. The van der Waals surface area contributed by atoms with Crippen molar-refractivity contribution in [3.05, 3.63) is 29.8 Å². The fourth-order valence-electron chi connectivity index (χ4n) is 2.66. The number of hydrogen-bond acceptors (Lipinski definition) is 4. The highest BCUT2D eigenvalue weighted by Crippen LogP contribution is 2.16. The van der Waals surface area contributed by atoms with Crippen LogP contribution in [0.5, 0.6) is 5.75 Å². The zero-order valence-electron chi connectivity index (χ0n) is 13.5. The highest BCUT2D eigenvalue weighted by atomic mass is 16.5. The Morgan fingerprint density at radius 2 is 2.09 bits per heavy atom. The first-order chi connectivity index (χ1) is 11.0. The lowest BCUT2D eigenvalue weighted by atomic mass is 9.97. The maximum atomic E-state index is 11.9. The number of aliphatic carboxylic acids is 1. The topological polar surface area (TPSA) is 78.9 Å². The number of carbonyl (C=O) groups is 2. The molecule has 1 aromatic carbocycles. The summed E-state index contributed by atoms with van der Waals surface area (Å²) in [4.78, 5) is 24.7. The van der Waals surface area contributed by atoms with E-state index >= 15 is 0 Å². The van der Waals surface area contributed by atoms with E-state index in [0.29, 0.717) is 45.6 Å². The Bertz CT molecular complexity index is 539. The molecule has 0 atom stereocenters. The second kappa shape index (κ2) is 8.53. The number of nitrogens with one attached hydrogen (secondary N) is 1. The van der Waals surface area contributed by atoms with Gasteiger partial charge in [0.05, 0.1) is 19.0 Å². The third-order valence-electron chi connectivity index (χ3n) is 3.99. The van der Waals surface area contributed by atoms with E-state index in [1.165, 1.54) is 0 Å². The molecule has 0 aromatic heterocycles. The molecule has 0 saturated carbocycles. The molecule has 0 unspecified atom stereocenters. The van der Waals surface area contributed by atoms with Crippen molar-refractivity contribution in [1.82, 2.24) is 10.2 Å². The third kappa shape index (κ3) is 5.90. The fourth-order valence-corrected chi connectivity index (χ4v) is 2.66. The summed E-state index contributed by atoms with van der Waals surface area (Å²) in [6.45, 7) is 4.52. The van der Waals surface area contributed by atoms with E-state index in [2.05, 4.69) is 5.32 Å². The number of rotatable bonds is 7. The molecule has 2 rings (SSSR count). The van der Waals surface area contributed by atoms with Crippen LogP contribution in [0.4, 0.5) is 0 Å². The molecule has 1 aromatic rings. The number of ether oxygens (including phenoxy) is 1. The maximum Gasteiger partial charge on any atom is 0.306 e. The van der Waals surface area contributed by atoms with Gasteiger partial charge in [-0.3, -0.25) is 14.5 Å². The molecule has 2 N–H and O–H groups in total. The van der Waals surface area contributed by atoms with Crippen LogP contribution in [0.1, 0.15) is 18.4 Å². The average molecular weight is 320 g/mol. The van der Waals surface area contributed by atoms with Crippen LogP contribution in [0.15, 0.2) is 24.3 Å². The molecule has 1 heterocycles. The molecular formula is C17H24N2O4. The second-order valence-electron chi connectivity index (χ2n) is 5.90. The number of nitrogens with zero attached hydrogens (tertiary/aromatic N) is 1. The van der Waals surface area contributed by atoms with Crippen molar-refractivity contribution in [1.29, 1.82) is 0 Å². The molecule has 1 aliphatic rings. The Balaban J connectivity index is 1.59. The Morgan fingerprint density at radius 3 is 2.74 bits per heavy atom. The van der Waals surface area contributed by atoms with E-state index in [1.54, 1.807) is 0 Å². The predicted octanol–water partition coefficient (Wildman–Crippen LogP) is 1.29. The Morgan fingerprint density at radius 1 is 1.35 bits per heavy atom. The summed E-state index contributed by atoms with van der Waals surface area (Å²) >= 11 is 0. The highest BCUT2D eigenvalue weighted by Gasteiger charge is 2.25. The van der Waals surface area contributed by atoms with Crippen LogP contribution in [0, 0.1) is 12.8 Å². The van der Waals surface area contributed by atoms with Gasteiger partial charge in [-0.25, -0.2) is 0 Å². The van der Waals surface area contributed by atoms with E-state index in [-0.39, 0.29) is 11.8 Å². The largest absolute Gasteiger partial charge is 0.492 e. The first kappa shape index (κ1) is 17.3. The molecule has 0 radical (unpaired) electrons. The molecule has 0 aliphatic carbocycles. The fraction of sp³-hybridized carbons (Fsp3) is 0.529. The zero-order valence-corrected chi connectivity index (χ0v) is 13.5. The van der Waals surface area contributed by atoms with Crippen LogP contribution in [0.3, 0.4) is 0 Å². The van der Waals surface area contributed by atoms with Crippen molar-refractivity contribution < 1.29 is 19.4 Å². The minimum atomic E-state index is -0.734. The van der Waals surface area contributed by atoms with Gasteiger partial charge in [0.15, 0.2) is 0 Å². The van der Waals surface area contributed by atoms with Crippen LogP contribution in [0.2, 0.25) is 0 Å². The number of amides is 1. The van der Waals surface area contributed by atoms with Gasteiger partial charge in [0.2, 0.25) is 5.91 Å². The van der Waals surface area contributed by atoms with Crippen LogP contribution in [-0.4, -0.2) is 54.7 Å². The van der Waals surface area contributed by atoms with Gasteiger partial charge in [-0.1, -0.05) is 12.1 Å². The molecule has 6 heteroatoms. The third-order valence-corrected chi connectivity index (χ3v) is 3.99. The summed E-state index contributed by atoms with van der Waals surface area (Å²) in [5.74, 6) is -0.249. The van der Waals surface area contributed by atoms with Gasteiger partial charge in [-0.05, 0) is 50.6 Å². The molecule has 1 saturated heterocycles. The van der Waals surface area contributed by atoms with Gasteiger partial charge in [0, 0.05) is 0 Å². The van der Waals surface area contributed by atoms with Crippen molar-refractivity contribution in [3.8, 4) is 5.75 Å². The molecular weight excluding hydrogens is 296 g/mol. The molecule has 126 valence electrons. The van der Waals surface area contributed by atoms with E-state index in [9.17, 15) is 9.59 Å². The van der Waals surface area contributed by atoms with Gasteiger partial charge < -0.3 is 15.2 Å². The lowest BCUT2D eigenvalue weighted by molar-refractivity contribution is -0.143. The van der Waals surface area contributed by atoms with E-state index in [4.69, 9.17) is 9.84 Å². The normalized spacial score (nSPS) is 16.0. The number of aryl methyl sites for hydroxylation is 1. The quantitative estimate of drug-likeness (QED) is 0.740. The van der Waals surface area contributed by atoms with Gasteiger partial charge >= 0.3 is 5.97 Å². The van der Waals surface area contributed by atoms with Crippen molar-refractivity contribution in [2.45, 2.75) is 19.8 Å².